The average molecular weight is 284 g/mol. The minimum absolute atomic E-state index is 0.0568. The standard InChI is InChI=1S/C16H20N4O/c1-11(2)16(21)20-8-4-5-13(10-20)14-7-6-12-9-17-19(3)15(12)18-14/h6-7,9,13H,1,4-5,8,10H2,2-3H3. The molecule has 2 aromatic heterocycles. The Labute approximate surface area is 124 Å². The molecule has 1 aliphatic rings. The quantitative estimate of drug-likeness (QED) is 0.795. The normalized spacial score (nSPS) is 19.0. The number of hydrogen-bond acceptors (Lipinski definition) is 3. The van der Waals surface area contributed by atoms with Crippen molar-refractivity contribution in [2.24, 2.45) is 7.05 Å². The topological polar surface area (TPSA) is 51.0 Å². The third kappa shape index (κ3) is 2.55. The monoisotopic (exact) mass is 284 g/mol. The molecule has 0 aliphatic carbocycles. The molecule has 21 heavy (non-hydrogen) atoms. The zero-order valence-corrected chi connectivity index (χ0v) is 12.5. The van der Waals surface area contributed by atoms with Gasteiger partial charge >= 0.3 is 0 Å². The number of pyridine rings is 1. The Bertz CT molecular complexity index is 703. The third-order valence-electron chi connectivity index (χ3n) is 4.10. The zero-order valence-electron chi connectivity index (χ0n) is 12.5. The SMILES string of the molecule is C=C(C)C(=O)N1CCCC(c2ccc3cnn(C)c3n2)C1. The van der Waals surface area contributed by atoms with E-state index in [-0.39, 0.29) is 5.91 Å². The predicted molar refractivity (Wildman–Crippen MR) is 81.9 cm³/mol. The molecule has 5 heteroatoms. The number of piperidine rings is 1. The molecule has 1 saturated heterocycles. The molecule has 0 aromatic carbocycles. The third-order valence-corrected chi connectivity index (χ3v) is 4.10. The predicted octanol–water partition coefficient (Wildman–Crippen LogP) is 2.25. The number of amides is 1. The molecule has 0 spiro atoms. The molecule has 0 bridgehead atoms. The summed E-state index contributed by atoms with van der Waals surface area (Å²) in [5.41, 5.74) is 2.55. The molecule has 2 aromatic rings. The second-order valence-electron chi connectivity index (χ2n) is 5.79. The molecule has 1 unspecified atom stereocenters. The smallest absolute Gasteiger partial charge is 0.248 e. The van der Waals surface area contributed by atoms with E-state index in [1.165, 1.54) is 0 Å². The van der Waals surface area contributed by atoms with Crippen LogP contribution in [0.1, 0.15) is 31.4 Å². The van der Waals surface area contributed by atoms with E-state index in [1.54, 1.807) is 11.6 Å². The van der Waals surface area contributed by atoms with Crippen molar-refractivity contribution in [2.75, 3.05) is 13.1 Å². The molecule has 3 rings (SSSR count). The van der Waals surface area contributed by atoms with Gasteiger partial charge in [0.25, 0.3) is 0 Å². The van der Waals surface area contributed by atoms with Crippen LogP contribution in [0.2, 0.25) is 0 Å². The van der Waals surface area contributed by atoms with Gasteiger partial charge < -0.3 is 4.90 Å². The Morgan fingerprint density at radius 3 is 3.00 bits per heavy atom. The van der Waals surface area contributed by atoms with Crippen LogP contribution in [0.15, 0.2) is 30.5 Å². The number of carbonyl (C=O) groups excluding carboxylic acids is 1. The zero-order chi connectivity index (χ0) is 15.0. The number of nitrogens with zero attached hydrogens (tertiary/aromatic N) is 4. The molecular weight excluding hydrogens is 264 g/mol. The lowest BCUT2D eigenvalue weighted by molar-refractivity contribution is -0.128. The fourth-order valence-electron chi connectivity index (χ4n) is 2.94. The molecular formula is C16H20N4O. The highest BCUT2D eigenvalue weighted by atomic mass is 16.2. The lowest BCUT2D eigenvalue weighted by atomic mass is 9.93. The van der Waals surface area contributed by atoms with Crippen LogP contribution in [0.4, 0.5) is 0 Å². The number of aryl methyl sites for hydroxylation is 1. The molecule has 1 atom stereocenters. The summed E-state index contributed by atoms with van der Waals surface area (Å²) in [5, 5.41) is 5.27. The molecule has 0 N–H and O–H groups in total. The maximum atomic E-state index is 12.1. The average Bonchev–Trinajstić information content (AvgIpc) is 2.87. The van der Waals surface area contributed by atoms with E-state index in [4.69, 9.17) is 4.98 Å². The first-order valence-corrected chi connectivity index (χ1v) is 7.29. The Morgan fingerprint density at radius 2 is 2.24 bits per heavy atom. The maximum Gasteiger partial charge on any atom is 0.248 e. The van der Waals surface area contributed by atoms with Crippen LogP contribution < -0.4 is 0 Å². The highest BCUT2D eigenvalue weighted by Crippen LogP contribution is 2.27. The molecule has 0 saturated carbocycles. The van der Waals surface area contributed by atoms with Crippen molar-refractivity contribution in [3.63, 3.8) is 0 Å². The van der Waals surface area contributed by atoms with Crippen LogP contribution in [0.5, 0.6) is 0 Å². The summed E-state index contributed by atoms with van der Waals surface area (Å²) >= 11 is 0. The van der Waals surface area contributed by atoms with Crippen LogP contribution in [0.3, 0.4) is 0 Å². The van der Waals surface area contributed by atoms with Crippen molar-refractivity contribution in [3.05, 3.63) is 36.2 Å². The second kappa shape index (κ2) is 5.31. The van der Waals surface area contributed by atoms with Crippen LogP contribution in [-0.4, -0.2) is 38.7 Å². The van der Waals surface area contributed by atoms with E-state index in [2.05, 4.69) is 23.8 Å². The maximum absolute atomic E-state index is 12.1. The van der Waals surface area contributed by atoms with Gasteiger partial charge in [0.1, 0.15) is 0 Å². The van der Waals surface area contributed by atoms with Crippen molar-refractivity contribution >= 4 is 16.9 Å². The van der Waals surface area contributed by atoms with Crippen LogP contribution in [0.25, 0.3) is 11.0 Å². The van der Waals surface area contributed by atoms with E-state index in [9.17, 15) is 4.79 Å². The largest absolute Gasteiger partial charge is 0.338 e. The van der Waals surface area contributed by atoms with Crippen molar-refractivity contribution in [3.8, 4) is 0 Å². The van der Waals surface area contributed by atoms with Gasteiger partial charge in [-0.05, 0) is 31.9 Å². The minimum atomic E-state index is 0.0568. The van der Waals surface area contributed by atoms with Crippen molar-refractivity contribution in [1.82, 2.24) is 19.7 Å². The molecule has 110 valence electrons. The first-order chi connectivity index (χ1) is 10.1. The van der Waals surface area contributed by atoms with Crippen molar-refractivity contribution in [1.29, 1.82) is 0 Å². The van der Waals surface area contributed by atoms with Crippen molar-refractivity contribution < 1.29 is 4.79 Å². The van der Waals surface area contributed by atoms with Gasteiger partial charge in [0.15, 0.2) is 5.65 Å². The number of hydrogen-bond donors (Lipinski definition) is 0. The van der Waals surface area contributed by atoms with E-state index in [1.807, 2.05) is 18.1 Å². The van der Waals surface area contributed by atoms with Gasteiger partial charge in [0, 0.05) is 42.7 Å². The van der Waals surface area contributed by atoms with Crippen LogP contribution >= 0.6 is 0 Å². The lowest BCUT2D eigenvalue weighted by Crippen LogP contribution is -2.39. The minimum Gasteiger partial charge on any atom is -0.338 e. The summed E-state index contributed by atoms with van der Waals surface area (Å²) in [6.07, 6.45) is 3.90. The van der Waals surface area contributed by atoms with E-state index >= 15 is 0 Å². The molecule has 1 fully saturated rings. The van der Waals surface area contributed by atoms with Crippen LogP contribution in [-0.2, 0) is 11.8 Å². The Kier molecular flexibility index (Phi) is 3.49. The van der Waals surface area contributed by atoms with E-state index in [0.717, 1.165) is 42.7 Å². The number of fused-ring (bicyclic) bond motifs is 1. The summed E-state index contributed by atoms with van der Waals surface area (Å²) < 4.78 is 1.79. The van der Waals surface area contributed by atoms with Gasteiger partial charge in [-0.15, -0.1) is 0 Å². The highest BCUT2D eigenvalue weighted by Gasteiger charge is 2.26. The van der Waals surface area contributed by atoms with Gasteiger partial charge in [-0.3, -0.25) is 9.48 Å². The van der Waals surface area contributed by atoms with Gasteiger partial charge in [-0.1, -0.05) is 6.58 Å². The lowest BCUT2D eigenvalue weighted by Gasteiger charge is -2.32. The number of aromatic nitrogens is 3. The van der Waals surface area contributed by atoms with Crippen molar-refractivity contribution in [2.45, 2.75) is 25.7 Å². The van der Waals surface area contributed by atoms with Gasteiger partial charge in [-0.25, -0.2) is 4.98 Å². The fraction of sp³-hybridized carbons (Fsp3) is 0.438. The molecule has 5 nitrogen and oxygen atoms in total. The first-order valence-electron chi connectivity index (χ1n) is 7.29. The van der Waals surface area contributed by atoms with E-state index in [0.29, 0.717) is 11.5 Å². The number of carbonyl (C=O) groups is 1. The highest BCUT2D eigenvalue weighted by molar-refractivity contribution is 5.92. The first kappa shape index (κ1) is 13.8. The molecule has 3 heterocycles. The molecule has 1 amide bonds. The summed E-state index contributed by atoms with van der Waals surface area (Å²) in [6, 6.07) is 4.12. The van der Waals surface area contributed by atoms with Crippen LogP contribution in [0, 0.1) is 0 Å². The van der Waals surface area contributed by atoms with E-state index < -0.39 is 0 Å². The second-order valence-corrected chi connectivity index (χ2v) is 5.79. The Balaban J connectivity index is 1.86. The Morgan fingerprint density at radius 1 is 1.43 bits per heavy atom. The molecule has 0 radical (unpaired) electrons. The summed E-state index contributed by atoms with van der Waals surface area (Å²) in [6.45, 7) is 7.06. The number of likely N-dealkylation sites (tertiary alicyclic amines) is 1. The van der Waals surface area contributed by atoms with Gasteiger partial charge in [0.2, 0.25) is 5.91 Å². The summed E-state index contributed by atoms with van der Waals surface area (Å²) in [5.74, 6) is 0.350. The Hall–Kier alpha value is -2.17. The van der Waals surface area contributed by atoms with Gasteiger partial charge in [-0.2, -0.15) is 5.10 Å². The fourth-order valence-corrected chi connectivity index (χ4v) is 2.94. The van der Waals surface area contributed by atoms with Gasteiger partial charge in [0.05, 0.1) is 6.20 Å². The number of rotatable bonds is 2. The molecule has 1 aliphatic heterocycles. The summed E-state index contributed by atoms with van der Waals surface area (Å²) in [7, 11) is 1.90. The summed E-state index contributed by atoms with van der Waals surface area (Å²) in [4.78, 5) is 18.7.